The lowest BCUT2D eigenvalue weighted by atomic mass is 10.00. The van der Waals surface area contributed by atoms with E-state index in [4.69, 9.17) is 5.73 Å². The largest absolute Gasteiger partial charge is 0.454 e. The molecule has 0 aliphatic carbocycles. The van der Waals surface area contributed by atoms with Crippen molar-refractivity contribution >= 4 is 17.7 Å². The molecule has 168 valence electrons. The van der Waals surface area contributed by atoms with Gasteiger partial charge in [0.15, 0.2) is 12.4 Å². The number of amides is 1. The maximum atomic E-state index is 13.1. The Labute approximate surface area is 167 Å². The number of ketones is 1. The number of esters is 1. The van der Waals surface area contributed by atoms with Crippen LogP contribution in [0.1, 0.15) is 47.7 Å². The van der Waals surface area contributed by atoms with Crippen LogP contribution < -0.4 is 11.1 Å². The highest BCUT2D eigenvalue weighted by atomic mass is 19.4. The summed E-state index contributed by atoms with van der Waals surface area (Å²) in [7, 11) is 0. The zero-order chi connectivity index (χ0) is 23.1. The number of benzene rings is 1. The number of carbonyl (C=O) groups is 3. The van der Waals surface area contributed by atoms with Crippen molar-refractivity contribution in [1.29, 1.82) is 0 Å². The first-order chi connectivity index (χ1) is 13.8. The van der Waals surface area contributed by atoms with Gasteiger partial charge in [-0.2, -0.15) is 26.3 Å². The van der Waals surface area contributed by atoms with Gasteiger partial charge >= 0.3 is 18.3 Å². The van der Waals surface area contributed by atoms with Crippen molar-refractivity contribution in [2.24, 2.45) is 5.73 Å². The van der Waals surface area contributed by atoms with Crippen LogP contribution in [0.4, 0.5) is 26.3 Å². The molecule has 1 rings (SSSR count). The van der Waals surface area contributed by atoms with E-state index in [2.05, 4.69) is 10.1 Å². The molecule has 0 aromatic heterocycles. The van der Waals surface area contributed by atoms with Crippen molar-refractivity contribution in [3.63, 3.8) is 0 Å². The fourth-order valence-corrected chi connectivity index (χ4v) is 2.61. The Hall–Kier alpha value is -2.63. The number of rotatable bonds is 9. The average Bonchev–Trinajstić information content (AvgIpc) is 2.62. The first-order valence-corrected chi connectivity index (χ1v) is 8.73. The summed E-state index contributed by atoms with van der Waals surface area (Å²) in [5.74, 6) is -3.42. The van der Waals surface area contributed by atoms with Gasteiger partial charge in [0.05, 0.1) is 22.7 Å². The Kier molecular flexibility index (Phi) is 8.82. The van der Waals surface area contributed by atoms with Gasteiger partial charge < -0.3 is 15.8 Å². The number of hydrogen-bond donors (Lipinski definition) is 2. The molecule has 0 fully saturated rings. The van der Waals surface area contributed by atoms with E-state index in [9.17, 15) is 40.7 Å². The van der Waals surface area contributed by atoms with E-state index in [-0.39, 0.29) is 6.42 Å². The number of Topliss-reactive ketones (excluding diaryl/α,β-unsaturated/α-hetero) is 1. The topological polar surface area (TPSA) is 98.5 Å². The van der Waals surface area contributed by atoms with Crippen molar-refractivity contribution in [1.82, 2.24) is 5.32 Å². The molecule has 6 nitrogen and oxygen atoms in total. The molecule has 1 amide bonds. The van der Waals surface area contributed by atoms with Crippen LogP contribution >= 0.6 is 0 Å². The number of nitrogens with one attached hydrogen (secondary N) is 1. The summed E-state index contributed by atoms with van der Waals surface area (Å²) in [5.41, 5.74) is -0.0778. The summed E-state index contributed by atoms with van der Waals surface area (Å²) in [6, 6.07) is 0.000674. The molecule has 1 unspecified atom stereocenters. The SMILES string of the molecule is CC(=O)NC(CCCCN)C(=O)COC(=O)c1c(C(F)(F)F)cccc1C(F)(F)F. The molecule has 0 saturated carbocycles. The fourth-order valence-electron chi connectivity index (χ4n) is 2.61. The number of nitrogens with two attached hydrogens (primary N) is 1. The fraction of sp³-hybridized carbons (Fsp3) is 0.500. The summed E-state index contributed by atoms with van der Waals surface area (Å²) in [6.07, 6.45) is -9.49. The van der Waals surface area contributed by atoms with Gasteiger partial charge in [0, 0.05) is 6.92 Å². The van der Waals surface area contributed by atoms with E-state index in [1.165, 1.54) is 0 Å². The molecule has 0 aliphatic heterocycles. The summed E-state index contributed by atoms with van der Waals surface area (Å²) < 4.78 is 83.2. The minimum absolute atomic E-state index is 0.111. The Morgan fingerprint density at radius 2 is 1.57 bits per heavy atom. The van der Waals surface area contributed by atoms with Crippen LogP contribution in [0.5, 0.6) is 0 Å². The molecule has 3 N–H and O–H groups in total. The Morgan fingerprint density at radius 3 is 2.00 bits per heavy atom. The lowest BCUT2D eigenvalue weighted by Gasteiger charge is -2.19. The molecular formula is C18H20F6N2O4. The monoisotopic (exact) mass is 442 g/mol. The molecule has 0 radical (unpaired) electrons. The van der Waals surface area contributed by atoms with Crippen LogP contribution in [-0.4, -0.2) is 36.9 Å². The molecule has 0 saturated heterocycles. The van der Waals surface area contributed by atoms with Gasteiger partial charge in [-0.05, 0) is 37.9 Å². The predicted octanol–water partition coefficient (Wildman–Crippen LogP) is 3.08. The number of carbonyl (C=O) groups excluding carboxylic acids is 3. The number of ether oxygens (including phenoxy) is 1. The van der Waals surface area contributed by atoms with Crippen molar-refractivity contribution in [2.45, 2.75) is 44.6 Å². The minimum atomic E-state index is -5.26. The second-order valence-corrected chi connectivity index (χ2v) is 6.30. The van der Waals surface area contributed by atoms with Gasteiger partial charge in [0.1, 0.15) is 0 Å². The van der Waals surface area contributed by atoms with E-state index in [1.54, 1.807) is 0 Å². The predicted molar refractivity (Wildman–Crippen MR) is 92.2 cm³/mol. The van der Waals surface area contributed by atoms with Gasteiger partial charge in [0.2, 0.25) is 5.91 Å². The smallest absolute Gasteiger partial charge is 0.417 e. The van der Waals surface area contributed by atoms with E-state index < -0.39 is 59.4 Å². The lowest BCUT2D eigenvalue weighted by molar-refractivity contribution is -0.144. The zero-order valence-corrected chi connectivity index (χ0v) is 15.8. The van der Waals surface area contributed by atoms with Crippen LogP contribution in [0.3, 0.4) is 0 Å². The molecule has 0 heterocycles. The molecule has 1 atom stereocenters. The second-order valence-electron chi connectivity index (χ2n) is 6.30. The van der Waals surface area contributed by atoms with E-state index in [1.807, 2.05) is 0 Å². The molecule has 1 aromatic rings. The van der Waals surface area contributed by atoms with Crippen LogP contribution in [0.25, 0.3) is 0 Å². The molecule has 30 heavy (non-hydrogen) atoms. The van der Waals surface area contributed by atoms with Crippen LogP contribution in [0.2, 0.25) is 0 Å². The first-order valence-electron chi connectivity index (χ1n) is 8.73. The molecule has 0 bridgehead atoms. The first kappa shape index (κ1) is 25.4. The summed E-state index contributed by atoms with van der Waals surface area (Å²) >= 11 is 0. The van der Waals surface area contributed by atoms with Gasteiger partial charge in [-0.15, -0.1) is 0 Å². The molecule has 12 heteroatoms. The van der Waals surface area contributed by atoms with Crippen LogP contribution in [-0.2, 0) is 26.7 Å². The minimum Gasteiger partial charge on any atom is -0.454 e. The molecule has 0 spiro atoms. The van der Waals surface area contributed by atoms with E-state index >= 15 is 0 Å². The zero-order valence-electron chi connectivity index (χ0n) is 15.8. The third kappa shape index (κ3) is 7.32. The Balaban J connectivity index is 3.09. The highest BCUT2D eigenvalue weighted by molar-refractivity contribution is 5.96. The molecule has 1 aromatic carbocycles. The molecule has 0 aliphatic rings. The third-order valence-electron chi connectivity index (χ3n) is 3.94. The van der Waals surface area contributed by atoms with Crippen molar-refractivity contribution < 1.29 is 45.5 Å². The summed E-state index contributed by atoms with van der Waals surface area (Å²) in [4.78, 5) is 35.5. The Bertz CT molecular complexity index is 745. The maximum absolute atomic E-state index is 13.1. The maximum Gasteiger partial charge on any atom is 0.417 e. The Morgan fingerprint density at radius 1 is 1.03 bits per heavy atom. The summed E-state index contributed by atoms with van der Waals surface area (Å²) in [6.45, 7) is 0.310. The van der Waals surface area contributed by atoms with E-state index in [0.29, 0.717) is 37.6 Å². The van der Waals surface area contributed by atoms with Crippen molar-refractivity contribution in [3.05, 3.63) is 34.9 Å². The highest BCUT2D eigenvalue weighted by Gasteiger charge is 2.43. The second kappa shape index (κ2) is 10.4. The van der Waals surface area contributed by atoms with Crippen molar-refractivity contribution in [3.8, 4) is 0 Å². The summed E-state index contributed by atoms with van der Waals surface area (Å²) in [5, 5.41) is 2.29. The van der Waals surface area contributed by atoms with Crippen molar-refractivity contribution in [2.75, 3.05) is 13.2 Å². The van der Waals surface area contributed by atoms with Crippen LogP contribution in [0, 0.1) is 0 Å². The standard InChI is InChI=1S/C18H20F6N2O4/c1-10(27)26-13(7-2-3-8-25)14(28)9-30-16(29)15-11(17(19,20)21)5-4-6-12(15)18(22,23)24/h4-6,13H,2-3,7-9,25H2,1H3,(H,26,27). The third-order valence-corrected chi connectivity index (χ3v) is 3.94. The highest BCUT2D eigenvalue weighted by Crippen LogP contribution is 2.39. The van der Waals surface area contributed by atoms with E-state index in [0.717, 1.165) is 6.92 Å². The number of halogens is 6. The van der Waals surface area contributed by atoms with Gasteiger partial charge in [-0.1, -0.05) is 6.07 Å². The van der Waals surface area contributed by atoms with Gasteiger partial charge in [-0.3, -0.25) is 9.59 Å². The lowest BCUT2D eigenvalue weighted by Crippen LogP contribution is -2.42. The average molecular weight is 442 g/mol. The van der Waals surface area contributed by atoms with Crippen LogP contribution in [0.15, 0.2) is 18.2 Å². The quantitative estimate of drug-likeness (QED) is 0.348. The number of unbranched alkanes of at least 4 members (excludes halogenated alkanes) is 1. The number of alkyl halides is 6. The number of hydrogen-bond acceptors (Lipinski definition) is 5. The molecular weight excluding hydrogens is 422 g/mol. The normalized spacial score (nSPS) is 12.9. The van der Waals surface area contributed by atoms with Gasteiger partial charge in [0.25, 0.3) is 0 Å². The van der Waals surface area contributed by atoms with Gasteiger partial charge in [-0.25, -0.2) is 4.79 Å².